The molecule has 0 bridgehead atoms. The third-order valence-corrected chi connectivity index (χ3v) is 6.23. The zero-order valence-electron chi connectivity index (χ0n) is 20.1. The van der Waals surface area contributed by atoms with E-state index in [0.29, 0.717) is 17.7 Å². The van der Waals surface area contributed by atoms with E-state index in [-0.39, 0.29) is 5.56 Å². The van der Waals surface area contributed by atoms with Gasteiger partial charge in [-0.3, -0.25) is 4.79 Å². The normalized spacial score (nSPS) is 14.6. The third kappa shape index (κ3) is 4.04. The highest BCUT2D eigenvalue weighted by Gasteiger charge is 2.34. The highest BCUT2D eigenvalue weighted by atomic mass is 16.5. The maximum atomic E-state index is 13.3. The molecule has 6 nitrogen and oxygen atoms in total. The molecule has 1 aliphatic rings. The quantitative estimate of drug-likeness (QED) is 0.600. The highest BCUT2D eigenvalue weighted by Crippen LogP contribution is 2.43. The maximum absolute atomic E-state index is 13.3. The molecule has 0 amide bonds. The summed E-state index contributed by atoms with van der Waals surface area (Å²) in [6, 6.07) is 9.42. The lowest BCUT2D eigenvalue weighted by molar-refractivity contribution is -0.161. The van der Waals surface area contributed by atoms with Crippen LogP contribution in [0.1, 0.15) is 55.7 Å². The number of pyridine rings is 1. The first-order valence-corrected chi connectivity index (χ1v) is 11.3. The average molecular weight is 450 g/mol. The summed E-state index contributed by atoms with van der Waals surface area (Å²) in [6.45, 7) is 10.2. The Kier molecular flexibility index (Phi) is 5.83. The van der Waals surface area contributed by atoms with Crippen LogP contribution >= 0.6 is 0 Å². The summed E-state index contributed by atoms with van der Waals surface area (Å²) in [7, 11) is 1.62. The van der Waals surface area contributed by atoms with Crippen molar-refractivity contribution in [2.24, 2.45) is 7.05 Å². The summed E-state index contributed by atoms with van der Waals surface area (Å²) in [6.07, 6.45) is 0.521. The van der Waals surface area contributed by atoms with E-state index >= 15 is 0 Å². The minimum atomic E-state index is -1.31. The first-order chi connectivity index (χ1) is 15.5. The Balaban J connectivity index is 2.16. The van der Waals surface area contributed by atoms with Gasteiger partial charge in [0.2, 0.25) is 0 Å². The fourth-order valence-corrected chi connectivity index (χ4v) is 4.80. The van der Waals surface area contributed by atoms with Crippen LogP contribution in [0.15, 0.2) is 35.1 Å². The van der Waals surface area contributed by atoms with Gasteiger partial charge in [-0.2, -0.15) is 0 Å². The van der Waals surface area contributed by atoms with Gasteiger partial charge in [-0.25, -0.2) is 4.79 Å². The minimum Gasteiger partial charge on any atom is -0.493 e. The van der Waals surface area contributed by atoms with E-state index < -0.39 is 17.7 Å². The molecule has 1 unspecified atom stereocenters. The van der Waals surface area contributed by atoms with E-state index in [1.807, 2.05) is 58.9 Å². The Hall–Kier alpha value is -3.12. The van der Waals surface area contributed by atoms with Crippen LogP contribution in [0.2, 0.25) is 0 Å². The molecular weight excluding hydrogens is 418 g/mol. The van der Waals surface area contributed by atoms with Crippen molar-refractivity contribution in [1.82, 2.24) is 4.57 Å². The van der Waals surface area contributed by atoms with Crippen molar-refractivity contribution in [1.29, 1.82) is 0 Å². The fourth-order valence-electron chi connectivity index (χ4n) is 4.80. The molecule has 1 aromatic heterocycles. The highest BCUT2D eigenvalue weighted by molar-refractivity contribution is 6.00. The van der Waals surface area contributed by atoms with Crippen molar-refractivity contribution in [3.8, 4) is 16.9 Å². The topological polar surface area (TPSA) is 77.8 Å². The van der Waals surface area contributed by atoms with Crippen molar-refractivity contribution in [2.45, 2.75) is 59.2 Å². The van der Waals surface area contributed by atoms with Gasteiger partial charge in [0, 0.05) is 18.0 Å². The van der Waals surface area contributed by atoms with Crippen LogP contribution in [0, 0.1) is 13.8 Å². The lowest BCUT2D eigenvalue weighted by Gasteiger charge is -2.30. The Morgan fingerprint density at radius 1 is 1.18 bits per heavy atom. The van der Waals surface area contributed by atoms with Crippen molar-refractivity contribution in [3.05, 3.63) is 63.1 Å². The van der Waals surface area contributed by atoms with Gasteiger partial charge >= 0.3 is 5.97 Å². The van der Waals surface area contributed by atoms with Crippen LogP contribution in [0.3, 0.4) is 0 Å². The molecule has 0 saturated carbocycles. The zero-order valence-corrected chi connectivity index (χ0v) is 20.1. The van der Waals surface area contributed by atoms with Gasteiger partial charge in [0.05, 0.1) is 17.9 Å². The lowest BCUT2D eigenvalue weighted by atomic mass is 9.86. The number of ether oxygens (including phenoxy) is 2. The zero-order chi connectivity index (χ0) is 24.1. The molecule has 0 spiro atoms. The molecule has 2 aromatic carbocycles. The Morgan fingerprint density at radius 3 is 2.48 bits per heavy atom. The molecule has 0 radical (unpaired) electrons. The lowest BCUT2D eigenvalue weighted by Crippen LogP contribution is -2.33. The monoisotopic (exact) mass is 449 g/mol. The average Bonchev–Trinajstić information content (AvgIpc) is 2.77. The summed E-state index contributed by atoms with van der Waals surface area (Å²) >= 11 is 0. The number of aromatic nitrogens is 1. The number of aliphatic carboxylic acids is 1. The van der Waals surface area contributed by atoms with Crippen LogP contribution in [0.25, 0.3) is 21.9 Å². The SMILES string of the molecule is Cc1cc(-c2c(C(OC(C)(C)C)C(=O)O)n(C)c(=O)c3ccccc23)c(C)c2c1OCCC2. The van der Waals surface area contributed by atoms with Crippen molar-refractivity contribution in [3.63, 3.8) is 0 Å². The van der Waals surface area contributed by atoms with E-state index in [4.69, 9.17) is 9.47 Å². The van der Waals surface area contributed by atoms with Crippen molar-refractivity contribution in [2.75, 3.05) is 6.61 Å². The third-order valence-electron chi connectivity index (χ3n) is 6.23. The molecule has 6 heteroatoms. The molecule has 1 atom stereocenters. The second-order valence-electron chi connectivity index (χ2n) is 9.74. The number of fused-ring (bicyclic) bond motifs is 2. The van der Waals surface area contributed by atoms with Gasteiger partial charge < -0.3 is 19.1 Å². The van der Waals surface area contributed by atoms with Crippen LogP contribution in [0.5, 0.6) is 5.75 Å². The largest absolute Gasteiger partial charge is 0.493 e. The molecule has 0 fully saturated rings. The fraction of sp³-hybridized carbons (Fsp3) is 0.407. The number of rotatable bonds is 4. The number of hydrogen-bond acceptors (Lipinski definition) is 4. The molecule has 33 heavy (non-hydrogen) atoms. The predicted molar refractivity (Wildman–Crippen MR) is 129 cm³/mol. The standard InChI is InChI=1S/C27H31NO5/c1-15-14-20(16(2)17-12-9-13-32-23(15)17)21-18-10-7-8-11-19(18)25(29)28(6)22(21)24(26(30)31)33-27(3,4)5/h7-8,10-11,14,24H,9,12-13H2,1-6H3,(H,30,31). The first kappa shape index (κ1) is 23.1. The Labute approximate surface area is 193 Å². The number of aryl methyl sites for hydroxylation is 1. The van der Waals surface area contributed by atoms with Crippen LogP contribution in [-0.2, 0) is 23.0 Å². The van der Waals surface area contributed by atoms with Gasteiger partial charge in [0.25, 0.3) is 5.56 Å². The van der Waals surface area contributed by atoms with Gasteiger partial charge in [-0.15, -0.1) is 0 Å². The van der Waals surface area contributed by atoms with Gasteiger partial charge in [-0.05, 0) is 87.2 Å². The smallest absolute Gasteiger partial charge is 0.339 e. The van der Waals surface area contributed by atoms with Gasteiger partial charge in [0.1, 0.15) is 5.75 Å². The van der Waals surface area contributed by atoms with Crippen LogP contribution in [0.4, 0.5) is 0 Å². The number of carbonyl (C=O) groups is 1. The van der Waals surface area contributed by atoms with Crippen molar-refractivity contribution >= 4 is 16.7 Å². The number of carboxylic acids is 1. The molecule has 0 saturated heterocycles. The van der Waals surface area contributed by atoms with E-state index in [9.17, 15) is 14.7 Å². The molecular formula is C27H31NO5. The second kappa shape index (κ2) is 8.34. The second-order valence-corrected chi connectivity index (χ2v) is 9.74. The summed E-state index contributed by atoms with van der Waals surface area (Å²) in [5, 5.41) is 11.5. The van der Waals surface area contributed by atoms with Gasteiger partial charge in [-0.1, -0.05) is 18.2 Å². The number of nitrogens with zero attached hydrogens (tertiary/aromatic N) is 1. The van der Waals surface area contributed by atoms with E-state index in [0.717, 1.165) is 51.8 Å². The number of benzene rings is 2. The molecule has 0 aliphatic carbocycles. The van der Waals surface area contributed by atoms with Crippen LogP contribution in [-0.4, -0.2) is 27.9 Å². The summed E-state index contributed by atoms with van der Waals surface area (Å²) in [5.74, 6) is -0.217. The molecule has 2 heterocycles. The predicted octanol–water partition coefficient (Wildman–Crippen LogP) is 5.09. The Morgan fingerprint density at radius 2 is 1.85 bits per heavy atom. The molecule has 3 aromatic rings. The first-order valence-electron chi connectivity index (χ1n) is 11.3. The molecule has 1 N–H and O–H groups in total. The van der Waals surface area contributed by atoms with Crippen molar-refractivity contribution < 1.29 is 19.4 Å². The Bertz CT molecular complexity index is 1310. The number of hydrogen-bond donors (Lipinski definition) is 1. The number of carboxylic acid groups (broad SMARTS) is 1. The molecule has 1 aliphatic heterocycles. The summed E-state index contributed by atoms with van der Waals surface area (Å²) in [5.41, 5.74) is 4.18. The summed E-state index contributed by atoms with van der Waals surface area (Å²) < 4.78 is 13.4. The van der Waals surface area contributed by atoms with Crippen LogP contribution < -0.4 is 10.3 Å². The molecule has 174 valence electrons. The molecule has 4 rings (SSSR count). The van der Waals surface area contributed by atoms with E-state index in [2.05, 4.69) is 0 Å². The van der Waals surface area contributed by atoms with Gasteiger partial charge in [0.15, 0.2) is 6.10 Å². The maximum Gasteiger partial charge on any atom is 0.339 e. The van der Waals surface area contributed by atoms with E-state index in [1.165, 1.54) is 4.57 Å². The minimum absolute atomic E-state index is 0.247. The summed E-state index contributed by atoms with van der Waals surface area (Å²) in [4.78, 5) is 25.8. The van der Waals surface area contributed by atoms with E-state index in [1.54, 1.807) is 13.1 Å².